The predicted octanol–water partition coefficient (Wildman–Crippen LogP) is 3.29. The van der Waals surface area contributed by atoms with Gasteiger partial charge in [-0.3, -0.25) is 9.78 Å². The summed E-state index contributed by atoms with van der Waals surface area (Å²) in [6.45, 7) is 2.02. The third-order valence-electron chi connectivity index (χ3n) is 5.39. The van der Waals surface area contributed by atoms with Crippen LogP contribution in [0.2, 0.25) is 0 Å². The Morgan fingerprint density at radius 2 is 1.90 bits per heavy atom. The molecular formula is C23H23N3O3S. The van der Waals surface area contributed by atoms with Crippen molar-refractivity contribution in [3.8, 4) is 0 Å². The Balaban J connectivity index is 1.52. The van der Waals surface area contributed by atoms with Crippen molar-refractivity contribution < 1.29 is 13.2 Å². The van der Waals surface area contributed by atoms with E-state index in [1.807, 2.05) is 43.3 Å². The highest BCUT2D eigenvalue weighted by Gasteiger charge is 2.26. The minimum Gasteiger partial charge on any atom is -0.345 e. The molecular weight excluding hydrogens is 398 g/mol. The topological polar surface area (TPSA) is 88.2 Å². The van der Waals surface area contributed by atoms with Crippen LogP contribution in [-0.4, -0.2) is 19.3 Å². The second-order valence-electron chi connectivity index (χ2n) is 7.38. The summed E-state index contributed by atoms with van der Waals surface area (Å²) in [5.74, 6) is -0.162. The van der Waals surface area contributed by atoms with Crippen LogP contribution in [0.5, 0.6) is 0 Å². The van der Waals surface area contributed by atoms with Crippen LogP contribution in [0.4, 0.5) is 0 Å². The zero-order chi connectivity index (χ0) is 21.1. The first-order chi connectivity index (χ1) is 14.4. The maximum absolute atomic E-state index is 12.8. The summed E-state index contributed by atoms with van der Waals surface area (Å²) in [7, 11) is -3.70. The number of benzene rings is 2. The number of hydrogen-bond acceptors (Lipinski definition) is 4. The quantitative estimate of drug-likeness (QED) is 0.639. The van der Waals surface area contributed by atoms with Gasteiger partial charge in [-0.05, 0) is 66.8 Å². The van der Waals surface area contributed by atoms with Crippen LogP contribution in [-0.2, 0) is 23.0 Å². The molecule has 0 bridgehead atoms. The maximum Gasteiger partial charge on any atom is 0.251 e. The smallest absolute Gasteiger partial charge is 0.251 e. The lowest BCUT2D eigenvalue weighted by atomic mass is 10.1. The van der Waals surface area contributed by atoms with Crippen LogP contribution in [0.25, 0.3) is 0 Å². The lowest BCUT2D eigenvalue weighted by Gasteiger charge is -2.15. The van der Waals surface area contributed by atoms with Crippen LogP contribution in [0.1, 0.15) is 45.2 Å². The Kier molecular flexibility index (Phi) is 5.65. The fourth-order valence-corrected chi connectivity index (χ4v) is 4.70. The zero-order valence-corrected chi connectivity index (χ0v) is 17.4. The predicted molar refractivity (Wildman–Crippen MR) is 114 cm³/mol. The molecule has 0 saturated carbocycles. The minimum absolute atomic E-state index is 0.125. The fraction of sp³-hybridized carbons (Fsp3) is 0.217. The summed E-state index contributed by atoms with van der Waals surface area (Å²) in [4.78, 5) is 17.0. The van der Waals surface area contributed by atoms with Crippen molar-refractivity contribution in [2.45, 2.75) is 37.2 Å². The molecule has 0 saturated heterocycles. The summed E-state index contributed by atoms with van der Waals surface area (Å²) in [5, 5.41) is 3.03. The van der Waals surface area contributed by atoms with Gasteiger partial charge in [0.05, 0.1) is 23.2 Å². The molecule has 0 unspecified atom stereocenters. The van der Waals surface area contributed by atoms with Gasteiger partial charge < -0.3 is 5.32 Å². The molecule has 6 nitrogen and oxygen atoms in total. The fourth-order valence-electron chi connectivity index (χ4n) is 3.68. The number of nitrogens with zero attached hydrogens (tertiary/aromatic N) is 1. The normalized spacial score (nSPS) is 15.6. The van der Waals surface area contributed by atoms with E-state index in [-0.39, 0.29) is 23.4 Å². The van der Waals surface area contributed by atoms with Crippen molar-refractivity contribution in [3.63, 3.8) is 0 Å². The number of fused-ring (bicyclic) bond motifs is 1. The maximum atomic E-state index is 12.8. The van der Waals surface area contributed by atoms with Gasteiger partial charge in [0, 0.05) is 11.8 Å². The summed E-state index contributed by atoms with van der Waals surface area (Å²) in [6, 6.07) is 17.6. The highest BCUT2D eigenvalue weighted by molar-refractivity contribution is 7.89. The highest BCUT2D eigenvalue weighted by atomic mass is 32.2. The van der Waals surface area contributed by atoms with Crippen molar-refractivity contribution in [3.05, 3.63) is 94.8 Å². The average molecular weight is 422 g/mol. The molecule has 1 aliphatic rings. The monoisotopic (exact) mass is 421 g/mol. The Hall–Kier alpha value is -3.03. The number of aryl methyl sites for hydroxylation is 2. The lowest BCUT2D eigenvalue weighted by molar-refractivity contribution is 0.0936. The molecule has 0 fully saturated rings. The standard InChI is InChI=1S/C23H23N3O3S/c1-16-6-5-13-24-22(16)15-25-30(28,29)19-11-9-17-10-12-21(20(17)14-19)26-23(27)18-7-3-2-4-8-18/h2-9,11,13-14,21,25H,10,12,15H2,1H3,(H,26,27)/t21-/m0/s1. The number of hydrogen-bond donors (Lipinski definition) is 2. The highest BCUT2D eigenvalue weighted by Crippen LogP contribution is 2.33. The van der Waals surface area contributed by atoms with Gasteiger partial charge >= 0.3 is 0 Å². The van der Waals surface area contributed by atoms with Crippen molar-refractivity contribution in [2.75, 3.05) is 0 Å². The van der Waals surface area contributed by atoms with Gasteiger partial charge in [-0.25, -0.2) is 13.1 Å². The van der Waals surface area contributed by atoms with Crippen molar-refractivity contribution in [2.24, 2.45) is 0 Å². The van der Waals surface area contributed by atoms with Crippen LogP contribution in [0.3, 0.4) is 0 Å². The van der Waals surface area contributed by atoms with Crippen molar-refractivity contribution >= 4 is 15.9 Å². The van der Waals surface area contributed by atoms with Crippen LogP contribution < -0.4 is 10.0 Å². The number of aromatic nitrogens is 1. The molecule has 1 amide bonds. The molecule has 2 aromatic carbocycles. The number of carbonyl (C=O) groups is 1. The largest absolute Gasteiger partial charge is 0.345 e. The molecule has 1 heterocycles. The van der Waals surface area contributed by atoms with Gasteiger partial charge in [0.25, 0.3) is 5.91 Å². The molecule has 0 aliphatic heterocycles. The summed E-state index contributed by atoms with van der Waals surface area (Å²) in [5.41, 5.74) is 4.12. The number of carbonyl (C=O) groups excluding carboxylic acids is 1. The molecule has 0 spiro atoms. The number of nitrogens with one attached hydrogen (secondary N) is 2. The second kappa shape index (κ2) is 8.38. The lowest BCUT2D eigenvalue weighted by Crippen LogP contribution is -2.27. The van der Waals surface area contributed by atoms with Crippen LogP contribution in [0.15, 0.2) is 71.8 Å². The third kappa shape index (κ3) is 4.27. The van der Waals surface area contributed by atoms with Crippen LogP contribution >= 0.6 is 0 Å². The molecule has 7 heteroatoms. The van der Waals surface area contributed by atoms with Gasteiger partial charge in [0.15, 0.2) is 0 Å². The van der Waals surface area contributed by atoms with E-state index in [0.29, 0.717) is 11.3 Å². The van der Waals surface area contributed by atoms with E-state index in [4.69, 9.17) is 0 Å². The molecule has 1 aliphatic carbocycles. The van der Waals surface area contributed by atoms with E-state index in [1.54, 1.807) is 30.5 Å². The SMILES string of the molecule is Cc1cccnc1CNS(=O)(=O)c1ccc2c(c1)[C@@H](NC(=O)c1ccccc1)CC2. The van der Waals surface area contributed by atoms with Gasteiger partial charge in [0.1, 0.15) is 0 Å². The van der Waals surface area contributed by atoms with E-state index in [1.165, 1.54) is 0 Å². The number of amides is 1. The first-order valence-electron chi connectivity index (χ1n) is 9.83. The molecule has 4 rings (SSSR count). The minimum atomic E-state index is -3.70. The van der Waals surface area contributed by atoms with E-state index in [9.17, 15) is 13.2 Å². The molecule has 2 N–H and O–H groups in total. The van der Waals surface area contributed by atoms with Crippen molar-refractivity contribution in [1.29, 1.82) is 0 Å². The van der Waals surface area contributed by atoms with Gasteiger partial charge in [-0.15, -0.1) is 0 Å². The van der Waals surface area contributed by atoms with Gasteiger partial charge in [-0.2, -0.15) is 0 Å². The van der Waals surface area contributed by atoms with E-state index < -0.39 is 10.0 Å². The Morgan fingerprint density at radius 3 is 2.67 bits per heavy atom. The number of rotatable bonds is 6. The molecule has 3 aromatic rings. The molecule has 1 atom stereocenters. The van der Waals surface area contributed by atoms with E-state index in [0.717, 1.165) is 29.5 Å². The first-order valence-corrected chi connectivity index (χ1v) is 11.3. The second-order valence-corrected chi connectivity index (χ2v) is 9.15. The summed E-state index contributed by atoms with van der Waals surface area (Å²) < 4.78 is 28.3. The Bertz CT molecular complexity index is 1180. The molecule has 0 radical (unpaired) electrons. The Labute approximate surface area is 176 Å². The number of sulfonamides is 1. The number of pyridine rings is 1. The Morgan fingerprint density at radius 1 is 1.10 bits per heavy atom. The summed E-state index contributed by atoms with van der Waals surface area (Å²) in [6.07, 6.45) is 3.19. The van der Waals surface area contributed by atoms with E-state index >= 15 is 0 Å². The molecule has 30 heavy (non-hydrogen) atoms. The first kappa shape index (κ1) is 20.3. The zero-order valence-electron chi connectivity index (χ0n) is 16.6. The molecule has 1 aromatic heterocycles. The summed E-state index contributed by atoms with van der Waals surface area (Å²) >= 11 is 0. The van der Waals surface area contributed by atoms with E-state index in [2.05, 4.69) is 15.0 Å². The third-order valence-corrected chi connectivity index (χ3v) is 6.79. The molecule has 154 valence electrons. The van der Waals surface area contributed by atoms with Gasteiger partial charge in [0.2, 0.25) is 10.0 Å². The van der Waals surface area contributed by atoms with Crippen LogP contribution in [0, 0.1) is 6.92 Å². The van der Waals surface area contributed by atoms with Crippen molar-refractivity contribution in [1.82, 2.24) is 15.0 Å². The average Bonchev–Trinajstić information content (AvgIpc) is 3.16. The van der Waals surface area contributed by atoms with Gasteiger partial charge in [-0.1, -0.05) is 30.3 Å².